The van der Waals surface area contributed by atoms with Crippen LogP contribution in [0.4, 0.5) is 17.6 Å². The van der Waals surface area contributed by atoms with Crippen molar-refractivity contribution < 1.29 is 26.8 Å². The maximum absolute atomic E-state index is 13.8. The van der Waals surface area contributed by atoms with E-state index < -0.39 is 30.3 Å². The second kappa shape index (κ2) is 6.11. The maximum Gasteiger partial charge on any atom is 0.449 e. The highest BCUT2D eigenvalue weighted by Gasteiger charge is 2.35. The zero-order valence-electron chi connectivity index (χ0n) is 10.9. The lowest BCUT2D eigenvalue weighted by atomic mass is 10.0. The molecule has 1 unspecified atom stereocenters. The summed E-state index contributed by atoms with van der Waals surface area (Å²) in [7, 11) is 0. The molecule has 21 heavy (non-hydrogen) atoms. The van der Waals surface area contributed by atoms with Gasteiger partial charge in [-0.25, -0.2) is 4.39 Å². The fraction of sp³-hybridized carbons (Fsp3) is 0.267. The molecule has 0 bridgehead atoms. The fourth-order valence-corrected chi connectivity index (χ4v) is 1.87. The van der Waals surface area contributed by atoms with Crippen LogP contribution in [0.5, 0.6) is 0 Å². The van der Waals surface area contributed by atoms with Gasteiger partial charge in [0.2, 0.25) is 5.76 Å². The summed E-state index contributed by atoms with van der Waals surface area (Å²) in [5.41, 5.74) is 0.371. The van der Waals surface area contributed by atoms with E-state index in [2.05, 4.69) is 4.42 Å². The number of hydrogen-bond donors (Lipinski definition) is 0. The Hall–Kier alpha value is -2.11. The van der Waals surface area contributed by atoms with Gasteiger partial charge in [-0.2, -0.15) is 13.2 Å². The number of ketones is 1. The summed E-state index contributed by atoms with van der Waals surface area (Å²) >= 11 is 0. The monoisotopic (exact) mass is 300 g/mol. The topological polar surface area (TPSA) is 30.2 Å². The van der Waals surface area contributed by atoms with Gasteiger partial charge in [0.15, 0.2) is 5.78 Å². The Morgan fingerprint density at radius 1 is 1.10 bits per heavy atom. The van der Waals surface area contributed by atoms with E-state index in [0.717, 1.165) is 12.1 Å². The zero-order chi connectivity index (χ0) is 15.5. The average Bonchev–Trinajstić information content (AvgIpc) is 2.88. The van der Waals surface area contributed by atoms with Gasteiger partial charge in [-0.05, 0) is 12.1 Å². The molecule has 2 aromatic rings. The summed E-state index contributed by atoms with van der Waals surface area (Å²) in [5, 5.41) is 0. The Balaban J connectivity index is 1.94. The Morgan fingerprint density at radius 3 is 2.33 bits per heavy atom. The van der Waals surface area contributed by atoms with Crippen LogP contribution >= 0.6 is 0 Å². The number of carbonyl (C=O) groups excluding carboxylic acids is 1. The molecule has 1 heterocycles. The maximum atomic E-state index is 13.8. The molecular weight excluding hydrogens is 288 g/mol. The third kappa shape index (κ3) is 4.18. The van der Waals surface area contributed by atoms with Crippen molar-refractivity contribution in [1.82, 2.24) is 0 Å². The fourth-order valence-electron chi connectivity index (χ4n) is 1.87. The number of halogens is 4. The number of carbonyl (C=O) groups is 1. The van der Waals surface area contributed by atoms with Crippen molar-refractivity contribution >= 4 is 5.78 Å². The van der Waals surface area contributed by atoms with E-state index >= 15 is 0 Å². The molecule has 0 saturated carbocycles. The van der Waals surface area contributed by atoms with Gasteiger partial charge in [0.1, 0.15) is 11.9 Å². The average molecular weight is 300 g/mol. The van der Waals surface area contributed by atoms with Crippen molar-refractivity contribution in [3.05, 3.63) is 59.5 Å². The van der Waals surface area contributed by atoms with E-state index in [0.29, 0.717) is 5.56 Å². The first-order valence-corrected chi connectivity index (χ1v) is 6.24. The minimum atomic E-state index is -4.59. The number of Topliss-reactive ketones (excluding diaryl/α,β-unsaturated/α-hetero) is 1. The number of alkyl halides is 4. The smallest absolute Gasteiger partial charge is 0.449 e. The summed E-state index contributed by atoms with van der Waals surface area (Å²) in [5.74, 6) is -1.69. The molecule has 0 saturated heterocycles. The molecule has 0 aliphatic heterocycles. The molecule has 2 rings (SSSR count). The molecule has 112 valence electrons. The first kappa shape index (κ1) is 15.3. The van der Waals surface area contributed by atoms with Crippen LogP contribution < -0.4 is 0 Å². The number of furan rings is 1. The number of rotatable bonds is 5. The van der Waals surface area contributed by atoms with Gasteiger partial charge < -0.3 is 4.42 Å². The number of hydrogen-bond acceptors (Lipinski definition) is 2. The van der Waals surface area contributed by atoms with Crippen molar-refractivity contribution in [2.45, 2.75) is 25.2 Å². The third-order valence-corrected chi connectivity index (χ3v) is 2.87. The summed E-state index contributed by atoms with van der Waals surface area (Å²) in [6, 6.07) is 9.98. The van der Waals surface area contributed by atoms with E-state index in [-0.39, 0.29) is 12.2 Å². The summed E-state index contributed by atoms with van der Waals surface area (Å²) in [4.78, 5) is 11.8. The van der Waals surface area contributed by atoms with Crippen LogP contribution in [0.25, 0.3) is 0 Å². The van der Waals surface area contributed by atoms with Crippen LogP contribution in [0.15, 0.2) is 46.9 Å². The van der Waals surface area contributed by atoms with Crippen LogP contribution in [0.1, 0.15) is 28.3 Å². The number of benzene rings is 1. The largest absolute Gasteiger partial charge is 0.456 e. The van der Waals surface area contributed by atoms with E-state index in [1.54, 1.807) is 30.3 Å². The molecule has 2 nitrogen and oxygen atoms in total. The van der Waals surface area contributed by atoms with Crippen LogP contribution in [0.2, 0.25) is 0 Å². The molecule has 0 aliphatic rings. The lowest BCUT2D eigenvalue weighted by Gasteiger charge is -2.06. The van der Waals surface area contributed by atoms with Crippen molar-refractivity contribution in [3.8, 4) is 0 Å². The van der Waals surface area contributed by atoms with Crippen molar-refractivity contribution in [3.63, 3.8) is 0 Å². The van der Waals surface area contributed by atoms with Gasteiger partial charge in [-0.1, -0.05) is 30.3 Å². The van der Waals surface area contributed by atoms with Crippen LogP contribution in [0, 0.1) is 0 Å². The molecule has 0 spiro atoms. The van der Waals surface area contributed by atoms with Gasteiger partial charge in [-0.15, -0.1) is 0 Å². The third-order valence-electron chi connectivity index (χ3n) is 2.87. The second-order valence-corrected chi connectivity index (χ2v) is 4.56. The van der Waals surface area contributed by atoms with Gasteiger partial charge in [0.25, 0.3) is 0 Å². The van der Waals surface area contributed by atoms with Crippen LogP contribution in [0.3, 0.4) is 0 Å². The molecule has 0 fully saturated rings. The zero-order valence-corrected chi connectivity index (χ0v) is 10.9. The highest BCUT2D eigenvalue weighted by molar-refractivity contribution is 5.96. The molecule has 0 aliphatic carbocycles. The summed E-state index contributed by atoms with van der Waals surface area (Å²) < 4.78 is 55.3. The first-order chi connectivity index (χ1) is 9.86. The highest BCUT2D eigenvalue weighted by atomic mass is 19.4. The van der Waals surface area contributed by atoms with Crippen LogP contribution in [-0.4, -0.2) is 12.0 Å². The Labute approximate surface area is 118 Å². The molecule has 0 N–H and O–H groups in total. The lowest BCUT2D eigenvalue weighted by Crippen LogP contribution is -2.12. The minimum absolute atomic E-state index is 0.129. The van der Waals surface area contributed by atoms with Gasteiger partial charge in [0.05, 0.1) is 0 Å². The molecule has 6 heteroatoms. The normalized spacial score (nSPS) is 13.1. The Bertz CT molecular complexity index is 602. The van der Waals surface area contributed by atoms with E-state index in [1.807, 2.05) is 0 Å². The van der Waals surface area contributed by atoms with Gasteiger partial charge >= 0.3 is 6.18 Å². The summed E-state index contributed by atoms with van der Waals surface area (Å²) in [6.45, 7) is 0. The quantitative estimate of drug-likeness (QED) is 0.603. The standard InChI is InChI=1S/C15H12F4O2/c16-11(9-13(20)10-4-2-1-3-5-10)8-12-6-7-14(21-12)15(17,18)19/h1-7,11H,8-9H2. The van der Waals surface area contributed by atoms with Gasteiger partial charge in [0, 0.05) is 18.4 Å². The van der Waals surface area contributed by atoms with Gasteiger partial charge in [-0.3, -0.25) is 4.79 Å². The lowest BCUT2D eigenvalue weighted by molar-refractivity contribution is -0.153. The summed E-state index contributed by atoms with van der Waals surface area (Å²) in [6.07, 6.45) is -6.95. The second-order valence-electron chi connectivity index (χ2n) is 4.56. The Kier molecular flexibility index (Phi) is 4.45. The van der Waals surface area contributed by atoms with Crippen molar-refractivity contribution in [2.75, 3.05) is 0 Å². The van der Waals surface area contributed by atoms with E-state index in [1.165, 1.54) is 0 Å². The minimum Gasteiger partial charge on any atom is -0.456 e. The van der Waals surface area contributed by atoms with E-state index in [9.17, 15) is 22.4 Å². The molecular formula is C15H12F4O2. The molecule has 0 radical (unpaired) electrons. The predicted molar refractivity (Wildman–Crippen MR) is 67.7 cm³/mol. The predicted octanol–water partition coefficient (Wildman–Crippen LogP) is 4.45. The molecule has 1 aromatic heterocycles. The van der Waals surface area contributed by atoms with Crippen molar-refractivity contribution in [1.29, 1.82) is 0 Å². The molecule has 1 aromatic carbocycles. The highest BCUT2D eigenvalue weighted by Crippen LogP contribution is 2.31. The SMILES string of the molecule is O=C(CC(F)Cc1ccc(C(F)(F)F)o1)c1ccccc1. The van der Waals surface area contributed by atoms with Crippen molar-refractivity contribution in [2.24, 2.45) is 0 Å². The first-order valence-electron chi connectivity index (χ1n) is 6.24. The van der Waals surface area contributed by atoms with Crippen LogP contribution in [-0.2, 0) is 12.6 Å². The Morgan fingerprint density at radius 2 is 1.76 bits per heavy atom. The van der Waals surface area contributed by atoms with E-state index in [4.69, 9.17) is 0 Å². The molecule has 0 amide bonds. The molecule has 1 atom stereocenters.